The van der Waals surface area contributed by atoms with Gasteiger partial charge in [-0.25, -0.2) is 0 Å². The van der Waals surface area contributed by atoms with E-state index in [0.29, 0.717) is 36.7 Å². The molecule has 0 bridgehead atoms. The molecule has 0 aliphatic carbocycles. The van der Waals surface area contributed by atoms with E-state index in [4.69, 9.17) is 14.7 Å². The van der Waals surface area contributed by atoms with Gasteiger partial charge in [-0.1, -0.05) is 6.92 Å². The van der Waals surface area contributed by atoms with Crippen LogP contribution in [0.3, 0.4) is 0 Å². The predicted octanol–water partition coefficient (Wildman–Crippen LogP) is 2.91. The number of nitrogens with one attached hydrogen (secondary N) is 1. The van der Waals surface area contributed by atoms with Crippen molar-refractivity contribution >= 4 is 5.91 Å². The molecule has 5 nitrogen and oxygen atoms in total. The third kappa shape index (κ3) is 4.38. The lowest BCUT2D eigenvalue weighted by atomic mass is 10.0. The lowest BCUT2D eigenvalue weighted by molar-refractivity contribution is 0.0922. The number of rotatable bonds is 7. The Balaban J connectivity index is 3.00. The summed E-state index contributed by atoms with van der Waals surface area (Å²) in [5.41, 5.74) is -0.432. The first kappa shape index (κ1) is 16.8. The molecule has 0 radical (unpaired) electrons. The molecule has 0 aliphatic rings. The van der Waals surface area contributed by atoms with Crippen LogP contribution in [0.25, 0.3) is 0 Å². The number of hydrogen-bond donors (Lipinski definition) is 1. The van der Waals surface area contributed by atoms with Gasteiger partial charge >= 0.3 is 0 Å². The van der Waals surface area contributed by atoms with E-state index in [1.807, 2.05) is 20.8 Å². The Morgan fingerprint density at radius 1 is 1.24 bits per heavy atom. The van der Waals surface area contributed by atoms with Crippen LogP contribution in [0.4, 0.5) is 0 Å². The number of amides is 1. The SMILES string of the molecule is CCOc1ccc(C(=O)NC(C)(C#N)CC)cc1OCC. The summed E-state index contributed by atoms with van der Waals surface area (Å²) in [6, 6.07) is 7.12. The molecule has 0 saturated carbocycles. The quantitative estimate of drug-likeness (QED) is 0.838. The van der Waals surface area contributed by atoms with E-state index in [1.54, 1.807) is 25.1 Å². The fourth-order valence-corrected chi connectivity index (χ4v) is 1.71. The van der Waals surface area contributed by atoms with Crippen LogP contribution in [0.5, 0.6) is 11.5 Å². The van der Waals surface area contributed by atoms with Gasteiger partial charge in [0.1, 0.15) is 5.54 Å². The minimum Gasteiger partial charge on any atom is -0.490 e. The molecule has 0 fully saturated rings. The fourth-order valence-electron chi connectivity index (χ4n) is 1.71. The standard InChI is InChI=1S/C16H22N2O3/c1-5-16(4,11-17)18-15(19)12-8-9-13(20-6-2)14(10-12)21-7-3/h8-10H,5-7H2,1-4H3,(H,18,19). The largest absolute Gasteiger partial charge is 0.490 e. The second-order valence-electron chi connectivity index (χ2n) is 4.78. The lowest BCUT2D eigenvalue weighted by Crippen LogP contribution is -2.44. The summed E-state index contributed by atoms with van der Waals surface area (Å²) in [5, 5.41) is 11.9. The first-order valence-electron chi connectivity index (χ1n) is 7.13. The van der Waals surface area contributed by atoms with Crippen molar-refractivity contribution in [1.29, 1.82) is 5.26 Å². The molecule has 21 heavy (non-hydrogen) atoms. The molecule has 0 aromatic heterocycles. The summed E-state index contributed by atoms with van der Waals surface area (Å²) >= 11 is 0. The zero-order valence-corrected chi connectivity index (χ0v) is 13.0. The molecule has 1 rings (SSSR count). The van der Waals surface area contributed by atoms with E-state index in [-0.39, 0.29) is 5.91 Å². The van der Waals surface area contributed by atoms with Gasteiger partial charge in [-0.2, -0.15) is 5.26 Å². The Morgan fingerprint density at radius 3 is 2.38 bits per heavy atom. The molecular formula is C16H22N2O3. The van der Waals surface area contributed by atoms with Gasteiger partial charge in [0.25, 0.3) is 5.91 Å². The first-order valence-corrected chi connectivity index (χ1v) is 7.13. The van der Waals surface area contributed by atoms with Crippen molar-refractivity contribution in [3.8, 4) is 17.6 Å². The van der Waals surface area contributed by atoms with Crippen molar-refractivity contribution in [3.63, 3.8) is 0 Å². The average molecular weight is 290 g/mol. The summed E-state index contributed by atoms with van der Waals surface area (Å²) in [5.74, 6) is 0.835. The van der Waals surface area contributed by atoms with Crippen LogP contribution in [-0.2, 0) is 0 Å². The molecule has 1 aromatic carbocycles. The number of hydrogen-bond acceptors (Lipinski definition) is 4. The van der Waals surface area contributed by atoms with Gasteiger partial charge in [0.2, 0.25) is 0 Å². The molecule has 1 N–H and O–H groups in total. The maximum absolute atomic E-state index is 12.2. The Bertz CT molecular complexity index is 537. The highest BCUT2D eigenvalue weighted by Gasteiger charge is 2.24. The number of benzene rings is 1. The molecule has 5 heteroatoms. The summed E-state index contributed by atoms with van der Waals surface area (Å²) in [4.78, 5) is 12.2. The molecule has 0 aliphatic heterocycles. The van der Waals surface area contributed by atoms with Crippen molar-refractivity contribution in [2.75, 3.05) is 13.2 Å². The van der Waals surface area contributed by atoms with Gasteiger partial charge < -0.3 is 14.8 Å². The number of carbonyl (C=O) groups excluding carboxylic acids is 1. The van der Waals surface area contributed by atoms with E-state index in [1.165, 1.54) is 0 Å². The third-order valence-corrected chi connectivity index (χ3v) is 3.15. The number of ether oxygens (including phenoxy) is 2. The molecule has 114 valence electrons. The molecular weight excluding hydrogens is 268 g/mol. The average Bonchev–Trinajstić information content (AvgIpc) is 2.49. The second-order valence-corrected chi connectivity index (χ2v) is 4.78. The number of nitriles is 1. The van der Waals surface area contributed by atoms with E-state index >= 15 is 0 Å². The van der Waals surface area contributed by atoms with E-state index < -0.39 is 5.54 Å². The molecule has 1 unspecified atom stereocenters. The minimum atomic E-state index is -0.874. The zero-order chi connectivity index (χ0) is 15.9. The van der Waals surface area contributed by atoms with E-state index in [0.717, 1.165) is 0 Å². The van der Waals surface area contributed by atoms with Crippen molar-refractivity contribution in [1.82, 2.24) is 5.32 Å². The van der Waals surface area contributed by atoms with Gasteiger partial charge in [0.15, 0.2) is 11.5 Å². The highest BCUT2D eigenvalue weighted by molar-refractivity contribution is 5.95. The Morgan fingerprint density at radius 2 is 1.86 bits per heavy atom. The van der Waals surface area contributed by atoms with Crippen LogP contribution < -0.4 is 14.8 Å². The van der Waals surface area contributed by atoms with Crippen molar-refractivity contribution < 1.29 is 14.3 Å². The van der Waals surface area contributed by atoms with Gasteiger partial charge in [-0.3, -0.25) is 4.79 Å². The monoisotopic (exact) mass is 290 g/mol. The van der Waals surface area contributed by atoms with Gasteiger partial charge in [0, 0.05) is 5.56 Å². The summed E-state index contributed by atoms with van der Waals surface area (Å²) in [7, 11) is 0. The van der Waals surface area contributed by atoms with E-state index in [2.05, 4.69) is 11.4 Å². The molecule has 1 atom stereocenters. The number of carbonyl (C=O) groups is 1. The van der Waals surface area contributed by atoms with Crippen LogP contribution in [0, 0.1) is 11.3 Å². The fraction of sp³-hybridized carbons (Fsp3) is 0.500. The maximum Gasteiger partial charge on any atom is 0.252 e. The van der Waals surface area contributed by atoms with Crippen LogP contribution in [0.15, 0.2) is 18.2 Å². The van der Waals surface area contributed by atoms with Gasteiger partial charge in [-0.15, -0.1) is 0 Å². The summed E-state index contributed by atoms with van der Waals surface area (Å²) < 4.78 is 11.0. The van der Waals surface area contributed by atoms with E-state index in [9.17, 15) is 4.79 Å². The molecule has 0 saturated heterocycles. The second kappa shape index (κ2) is 7.53. The van der Waals surface area contributed by atoms with Gasteiger partial charge in [0.05, 0.1) is 19.3 Å². The Labute approximate surface area is 125 Å². The third-order valence-electron chi connectivity index (χ3n) is 3.15. The first-order chi connectivity index (χ1) is 9.99. The number of nitrogens with zero attached hydrogens (tertiary/aromatic N) is 1. The zero-order valence-electron chi connectivity index (χ0n) is 13.0. The van der Waals surface area contributed by atoms with Crippen LogP contribution in [0.1, 0.15) is 44.5 Å². The topological polar surface area (TPSA) is 71.3 Å². The van der Waals surface area contributed by atoms with Crippen molar-refractivity contribution in [2.45, 2.75) is 39.7 Å². The minimum absolute atomic E-state index is 0.301. The Kier molecular flexibility index (Phi) is 6.04. The molecule has 1 amide bonds. The summed E-state index contributed by atoms with van der Waals surface area (Å²) in [6.45, 7) is 8.31. The normalized spacial score (nSPS) is 12.9. The van der Waals surface area contributed by atoms with Crippen LogP contribution in [0.2, 0.25) is 0 Å². The molecule has 0 heterocycles. The van der Waals surface area contributed by atoms with Crippen LogP contribution >= 0.6 is 0 Å². The predicted molar refractivity (Wildman–Crippen MR) is 80.6 cm³/mol. The molecule has 1 aromatic rings. The lowest BCUT2D eigenvalue weighted by Gasteiger charge is -2.21. The summed E-state index contributed by atoms with van der Waals surface area (Å²) in [6.07, 6.45) is 0.532. The van der Waals surface area contributed by atoms with Crippen molar-refractivity contribution in [2.24, 2.45) is 0 Å². The highest BCUT2D eigenvalue weighted by Crippen LogP contribution is 2.28. The highest BCUT2D eigenvalue weighted by atomic mass is 16.5. The van der Waals surface area contributed by atoms with Gasteiger partial charge in [-0.05, 0) is 45.4 Å². The Hall–Kier alpha value is -2.22. The van der Waals surface area contributed by atoms with Crippen molar-refractivity contribution in [3.05, 3.63) is 23.8 Å². The van der Waals surface area contributed by atoms with Crippen LogP contribution in [-0.4, -0.2) is 24.7 Å². The molecule has 0 spiro atoms. The maximum atomic E-state index is 12.2. The smallest absolute Gasteiger partial charge is 0.252 e.